The lowest BCUT2D eigenvalue weighted by molar-refractivity contribution is 0.471. The summed E-state index contributed by atoms with van der Waals surface area (Å²) in [6.07, 6.45) is 0. The van der Waals surface area contributed by atoms with Crippen molar-refractivity contribution >= 4 is 37.5 Å². The summed E-state index contributed by atoms with van der Waals surface area (Å²) in [7, 11) is 0. The van der Waals surface area contributed by atoms with Gasteiger partial charge in [-0.3, -0.25) is 0 Å². The van der Waals surface area contributed by atoms with E-state index in [9.17, 15) is 5.11 Å². The van der Waals surface area contributed by atoms with Crippen LogP contribution >= 0.6 is 31.9 Å². The Hall–Kier alpha value is -1.000. The number of benzene rings is 2. The maximum absolute atomic E-state index is 9.72. The van der Waals surface area contributed by atoms with Crippen LogP contribution in [0.2, 0.25) is 0 Å². The molecule has 2 aromatic rings. The van der Waals surface area contributed by atoms with E-state index in [0.29, 0.717) is 5.75 Å². The number of hydrogen-bond acceptors (Lipinski definition) is 2. The molecule has 0 aliphatic heterocycles. The SMILES string of the molecule is Cc1ccc(NC(C)c2ccc(Br)cc2Br)cc1O. The van der Waals surface area contributed by atoms with E-state index in [1.54, 1.807) is 6.07 Å². The molecule has 2 aromatic carbocycles. The Morgan fingerprint density at radius 2 is 1.84 bits per heavy atom. The van der Waals surface area contributed by atoms with Crippen LogP contribution in [0.15, 0.2) is 45.3 Å². The highest BCUT2D eigenvalue weighted by Gasteiger charge is 2.10. The fraction of sp³-hybridized carbons (Fsp3) is 0.200. The largest absolute Gasteiger partial charge is 0.508 e. The summed E-state index contributed by atoms with van der Waals surface area (Å²) in [6, 6.07) is 11.9. The zero-order valence-electron chi connectivity index (χ0n) is 10.7. The quantitative estimate of drug-likeness (QED) is 0.742. The van der Waals surface area contributed by atoms with Gasteiger partial charge < -0.3 is 10.4 Å². The predicted octanol–water partition coefficient (Wildman–Crippen LogP) is 5.40. The Bertz CT molecular complexity index is 599. The van der Waals surface area contributed by atoms with Crippen molar-refractivity contribution in [2.45, 2.75) is 19.9 Å². The highest BCUT2D eigenvalue weighted by Crippen LogP contribution is 2.30. The van der Waals surface area contributed by atoms with Crippen LogP contribution in [0, 0.1) is 6.92 Å². The van der Waals surface area contributed by atoms with Crippen molar-refractivity contribution in [2.75, 3.05) is 5.32 Å². The number of rotatable bonds is 3. The summed E-state index contributed by atoms with van der Waals surface area (Å²) in [5.41, 5.74) is 2.96. The number of anilines is 1. The van der Waals surface area contributed by atoms with Crippen molar-refractivity contribution in [3.05, 3.63) is 56.5 Å². The molecule has 19 heavy (non-hydrogen) atoms. The Kier molecular flexibility index (Phi) is 4.53. The molecule has 0 aromatic heterocycles. The molecule has 2 nitrogen and oxygen atoms in total. The zero-order chi connectivity index (χ0) is 14.0. The molecule has 100 valence electrons. The third kappa shape index (κ3) is 3.51. The second-order valence-corrected chi connectivity index (χ2v) is 6.30. The number of phenols is 1. The molecule has 0 aliphatic carbocycles. The van der Waals surface area contributed by atoms with Crippen molar-refractivity contribution in [3.63, 3.8) is 0 Å². The van der Waals surface area contributed by atoms with Crippen molar-refractivity contribution in [1.82, 2.24) is 0 Å². The van der Waals surface area contributed by atoms with E-state index in [2.05, 4.69) is 50.2 Å². The fourth-order valence-corrected chi connectivity index (χ4v) is 3.27. The maximum Gasteiger partial charge on any atom is 0.120 e. The Morgan fingerprint density at radius 1 is 1.11 bits per heavy atom. The smallest absolute Gasteiger partial charge is 0.120 e. The molecule has 0 saturated carbocycles. The van der Waals surface area contributed by atoms with Gasteiger partial charge in [0.15, 0.2) is 0 Å². The Labute approximate surface area is 130 Å². The van der Waals surface area contributed by atoms with E-state index < -0.39 is 0 Å². The number of halogens is 2. The van der Waals surface area contributed by atoms with Gasteiger partial charge in [0, 0.05) is 26.7 Å². The number of aromatic hydroxyl groups is 1. The van der Waals surface area contributed by atoms with Crippen LogP contribution in [0.5, 0.6) is 5.75 Å². The van der Waals surface area contributed by atoms with Gasteiger partial charge in [0.25, 0.3) is 0 Å². The Morgan fingerprint density at radius 3 is 2.47 bits per heavy atom. The molecule has 1 atom stereocenters. The van der Waals surface area contributed by atoms with Gasteiger partial charge in [-0.25, -0.2) is 0 Å². The average molecular weight is 385 g/mol. The third-order valence-electron chi connectivity index (χ3n) is 3.02. The van der Waals surface area contributed by atoms with Crippen LogP contribution in [0.3, 0.4) is 0 Å². The molecule has 0 aliphatic rings. The van der Waals surface area contributed by atoms with Gasteiger partial charge in [0.2, 0.25) is 0 Å². The molecule has 0 heterocycles. The first kappa shape index (κ1) is 14.4. The second-order valence-electron chi connectivity index (χ2n) is 4.53. The molecule has 0 amide bonds. The fourth-order valence-electron chi connectivity index (χ4n) is 1.88. The molecule has 2 N–H and O–H groups in total. The van der Waals surface area contributed by atoms with E-state index in [1.165, 1.54) is 5.56 Å². The lowest BCUT2D eigenvalue weighted by Crippen LogP contribution is -2.07. The molecule has 0 fully saturated rings. The predicted molar refractivity (Wildman–Crippen MR) is 86.7 cm³/mol. The lowest BCUT2D eigenvalue weighted by Gasteiger charge is -2.18. The normalized spacial score (nSPS) is 12.2. The van der Waals surface area contributed by atoms with E-state index in [4.69, 9.17) is 0 Å². The number of phenolic OH excluding ortho intramolecular Hbond substituents is 1. The summed E-state index contributed by atoms with van der Waals surface area (Å²) >= 11 is 7.01. The van der Waals surface area contributed by atoms with Crippen LogP contribution < -0.4 is 5.32 Å². The summed E-state index contributed by atoms with van der Waals surface area (Å²) in [5.74, 6) is 0.312. The van der Waals surface area contributed by atoms with Crippen molar-refractivity contribution in [1.29, 1.82) is 0 Å². The zero-order valence-corrected chi connectivity index (χ0v) is 13.9. The molecule has 0 bridgehead atoms. The molecular formula is C15H15Br2NO. The van der Waals surface area contributed by atoms with E-state index >= 15 is 0 Å². The summed E-state index contributed by atoms with van der Waals surface area (Å²) < 4.78 is 2.10. The van der Waals surface area contributed by atoms with Gasteiger partial charge in [-0.2, -0.15) is 0 Å². The van der Waals surface area contributed by atoms with Crippen LogP contribution in [0.4, 0.5) is 5.69 Å². The first-order valence-corrected chi connectivity index (χ1v) is 7.57. The Balaban J connectivity index is 2.20. The van der Waals surface area contributed by atoms with Gasteiger partial charge in [0.1, 0.15) is 5.75 Å². The minimum Gasteiger partial charge on any atom is -0.508 e. The molecule has 0 spiro atoms. The van der Waals surface area contributed by atoms with Crippen LogP contribution in [0.25, 0.3) is 0 Å². The summed E-state index contributed by atoms with van der Waals surface area (Å²) in [4.78, 5) is 0. The minimum atomic E-state index is 0.143. The monoisotopic (exact) mass is 383 g/mol. The van der Waals surface area contributed by atoms with Gasteiger partial charge >= 0.3 is 0 Å². The van der Waals surface area contributed by atoms with E-state index in [1.807, 2.05) is 31.2 Å². The van der Waals surface area contributed by atoms with Crippen LogP contribution in [-0.4, -0.2) is 5.11 Å². The summed E-state index contributed by atoms with van der Waals surface area (Å²) in [5, 5.41) is 13.1. The lowest BCUT2D eigenvalue weighted by atomic mass is 10.1. The molecule has 2 rings (SSSR count). The van der Waals surface area contributed by atoms with Crippen molar-refractivity contribution < 1.29 is 5.11 Å². The molecule has 0 saturated heterocycles. The minimum absolute atomic E-state index is 0.143. The summed E-state index contributed by atoms with van der Waals surface area (Å²) in [6.45, 7) is 3.97. The van der Waals surface area contributed by atoms with Crippen molar-refractivity contribution in [2.24, 2.45) is 0 Å². The number of nitrogens with one attached hydrogen (secondary N) is 1. The third-order valence-corrected chi connectivity index (χ3v) is 4.20. The molecule has 1 unspecified atom stereocenters. The van der Waals surface area contributed by atoms with E-state index in [-0.39, 0.29) is 6.04 Å². The van der Waals surface area contributed by atoms with Crippen molar-refractivity contribution in [3.8, 4) is 5.75 Å². The molecular weight excluding hydrogens is 370 g/mol. The first-order valence-electron chi connectivity index (χ1n) is 5.98. The number of hydrogen-bond donors (Lipinski definition) is 2. The van der Waals surface area contributed by atoms with Crippen LogP contribution in [0.1, 0.15) is 24.1 Å². The van der Waals surface area contributed by atoms with Crippen LogP contribution in [-0.2, 0) is 0 Å². The molecule has 4 heteroatoms. The highest BCUT2D eigenvalue weighted by molar-refractivity contribution is 9.11. The maximum atomic E-state index is 9.72. The molecule has 0 radical (unpaired) electrons. The average Bonchev–Trinajstić information content (AvgIpc) is 2.33. The van der Waals surface area contributed by atoms with Gasteiger partial charge in [-0.1, -0.05) is 44.0 Å². The topological polar surface area (TPSA) is 32.3 Å². The standard InChI is InChI=1S/C15H15Br2NO/c1-9-3-5-12(8-15(9)19)18-10(2)13-6-4-11(16)7-14(13)17/h3-8,10,18-19H,1-2H3. The van der Waals surface area contributed by atoms with Gasteiger partial charge in [0.05, 0.1) is 0 Å². The van der Waals surface area contributed by atoms with Gasteiger partial charge in [-0.15, -0.1) is 0 Å². The first-order chi connectivity index (χ1) is 8.97. The van der Waals surface area contributed by atoms with E-state index in [0.717, 1.165) is 20.2 Å². The highest BCUT2D eigenvalue weighted by atomic mass is 79.9. The number of aryl methyl sites for hydroxylation is 1. The van der Waals surface area contributed by atoms with Gasteiger partial charge in [-0.05, 0) is 43.2 Å². The second kappa shape index (κ2) is 5.97.